The van der Waals surface area contributed by atoms with Gasteiger partial charge in [-0.1, -0.05) is 30.9 Å². The molecule has 1 saturated heterocycles. The highest BCUT2D eigenvalue weighted by Gasteiger charge is 2.33. The number of amides is 2. The van der Waals surface area contributed by atoms with E-state index in [0.29, 0.717) is 23.6 Å². The van der Waals surface area contributed by atoms with Crippen LogP contribution in [0.25, 0.3) is 0 Å². The van der Waals surface area contributed by atoms with E-state index >= 15 is 0 Å². The number of rotatable bonds is 6. The molecular formula is C26H31ClN4O4S. The lowest BCUT2D eigenvalue weighted by molar-refractivity contribution is 0.220. The normalized spacial score (nSPS) is 17.8. The third kappa shape index (κ3) is 6.49. The number of halogens is 1. The molecule has 8 nitrogen and oxygen atoms in total. The molecule has 0 unspecified atom stereocenters. The summed E-state index contributed by atoms with van der Waals surface area (Å²) in [4.78, 5) is 12.3. The van der Waals surface area contributed by atoms with Crippen LogP contribution in [-0.2, 0) is 10.0 Å². The van der Waals surface area contributed by atoms with Gasteiger partial charge in [-0.25, -0.2) is 13.2 Å². The Labute approximate surface area is 217 Å². The van der Waals surface area contributed by atoms with Gasteiger partial charge in [0.05, 0.1) is 11.6 Å². The fourth-order valence-corrected chi connectivity index (χ4v) is 6.68. The van der Waals surface area contributed by atoms with Gasteiger partial charge in [0.2, 0.25) is 10.0 Å². The number of nitrogens with zero attached hydrogens (tertiary/aromatic N) is 2. The van der Waals surface area contributed by atoms with Crippen molar-refractivity contribution in [2.75, 3.05) is 13.1 Å². The Morgan fingerprint density at radius 1 is 1.03 bits per heavy atom. The summed E-state index contributed by atoms with van der Waals surface area (Å²) >= 11 is 6.14. The molecule has 2 aliphatic rings. The molecule has 0 aromatic heterocycles. The second kappa shape index (κ2) is 11.5. The van der Waals surface area contributed by atoms with Crippen molar-refractivity contribution in [2.24, 2.45) is 0 Å². The van der Waals surface area contributed by atoms with Gasteiger partial charge in [0.1, 0.15) is 16.4 Å². The van der Waals surface area contributed by atoms with Crippen molar-refractivity contribution in [3.63, 3.8) is 0 Å². The zero-order valence-electron chi connectivity index (χ0n) is 20.3. The van der Waals surface area contributed by atoms with Crippen LogP contribution >= 0.6 is 11.6 Å². The summed E-state index contributed by atoms with van der Waals surface area (Å²) in [6, 6.07) is 11.4. The number of hydrogen-bond acceptors (Lipinski definition) is 5. The first-order chi connectivity index (χ1) is 17.2. The zero-order chi connectivity index (χ0) is 25.7. The average Bonchev–Trinajstić information content (AvgIpc) is 2.84. The monoisotopic (exact) mass is 530 g/mol. The van der Waals surface area contributed by atoms with E-state index in [9.17, 15) is 18.5 Å². The van der Waals surface area contributed by atoms with E-state index in [1.54, 1.807) is 18.2 Å². The molecule has 2 N–H and O–H groups in total. The molecule has 0 spiro atoms. The van der Waals surface area contributed by atoms with Crippen molar-refractivity contribution in [1.29, 1.82) is 5.26 Å². The van der Waals surface area contributed by atoms with E-state index in [1.807, 2.05) is 13.0 Å². The Morgan fingerprint density at radius 3 is 2.33 bits per heavy atom. The molecule has 0 bridgehead atoms. The number of benzene rings is 2. The molecule has 10 heteroatoms. The van der Waals surface area contributed by atoms with Gasteiger partial charge >= 0.3 is 6.03 Å². The lowest BCUT2D eigenvalue weighted by atomic mass is 9.96. The number of sulfonamides is 1. The highest BCUT2D eigenvalue weighted by Crippen LogP contribution is 2.34. The summed E-state index contributed by atoms with van der Waals surface area (Å²) in [5.74, 6) is 0.538. The molecule has 2 aromatic carbocycles. The number of piperidine rings is 1. The van der Waals surface area contributed by atoms with Gasteiger partial charge < -0.3 is 15.4 Å². The molecule has 1 aliphatic carbocycles. The van der Waals surface area contributed by atoms with Crippen molar-refractivity contribution in [3.8, 4) is 17.6 Å². The van der Waals surface area contributed by atoms with Crippen LogP contribution in [0.2, 0.25) is 5.02 Å². The summed E-state index contributed by atoms with van der Waals surface area (Å²) in [7, 11) is -3.94. The predicted octanol–water partition coefficient (Wildman–Crippen LogP) is 5.10. The van der Waals surface area contributed by atoms with E-state index < -0.39 is 10.0 Å². The predicted molar refractivity (Wildman–Crippen MR) is 138 cm³/mol. The summed E-state index contributed by atoms with van der Waals surface area (Å²) in [5, 5.41) is 15.9. The van der Waals surface area contributed by atoms with Gasteiger partial charge in [-0.05, 0) is 74.6 Å². The van der Waals surface area contributed by atoms with Gasteiger partial charge in [-0.3, -0.25) is 0 Å². The minimum Gasteiger partial charge on any atom is -0.456 e. The molecule has 4 rings (SSSR count). The molecule has 1 heterocycles. The van der Waals surface area contributed by atoms with Crippen molar-refractivity contribution >= 4 is 27.7 Å². The number of carbonyl (C=O) groups excluding carboxylic acids is 1. The molecule has 0 radical (unpaired) electrons. The topological polar surface area (TPSA) is 112 Å². The maximum absolute atomic E-state index is 13.6. The first kappa shape index (κ1) is 26.3. The van der Waals surface area contributed by atoms with Crippen molar-refractivity contribution in [3.05, 3.63) is 52.5 Å². The average molecular weight is 531 g/mol. The first-order valence-electron chi connectivity index (χ1n) is 12.3. The number of carbonyl (C=O) groups is 1. The molecule has 2 amide bonds. The Balaban J connectivity index is 1.44. The highest BCUT2D eigenvalue weighted by atomic mass is 35.5. The Bertz CT molecular complexity index is 1230. The van der Waals surface area contributed by atoms with Crippen LogP contribution in [0, 0.1) is 18.3 Å². The summed E-state index contributed by atoms with van der Waals surface area (Å²) < 4.78 is 34.5. The fourth-order valence-electron chi connectivity index (χ4n) is 4.79. The molecule has 0 atom stereocenters. The molecule has 2 fully saturated rings. The second-order valence-corrected chi connectivity index (χ2v) is 11.8. The minimum absolute atomic E-state index is 0.0689. The van der Waals surface area contributed by atoms with E-state index in [1.165, 1.54) is 28.9 Å². The van der Waals surface area contributed by atoms with Gasteiger partial charge in [-0.15, -0.1) is 0 Å². The fraction of sp³-hybridized carbons (Fsp3) is 0.462. The summed E-state index contributed by atoms with van der Waals surface area (Å²) in [5.41, 5.74) is 1.09. The summed E-state index contributed by atoms with van der Waals surface area (Å²) in [6.45, 7) is 2.37. The molecule has 2 aromatic rings. The molecule has 1 aliphatic heterocycles. The zero-order valence-corrected chi connectivity index (χ0v) is 21.9. The third-order valence-electron chi connectivity index (χ3n) is 6.66. The Hall–Kier alpha value is -2.80. The quantitative estimate of drug-likeness (QED) is 0.540. The highest BCUT2D eigenvalue weighted by molar-refractivity contribution is 7.89. The maximum atomic E-state index is 13.6. The first-order valence-corrected chi connectivity index (χ1v) is 14.1. The van der Waals surface area contributed by atoms with Crippen LogP contribution < -0.4 is 15.4 Å². The van der Waals surface area contributed by atoms with Crippen LogP contribution in [0.3, 0.4) is 0 Å². The Morgan fingerprint density at radius 2 is 1.69 bits per heavy atom. The van der Waals surface area contributed by atoms with E-state index in [4.69, 9.17) is 16.3 Å². The Kier molecular flexibility index (Phi) is 8.39. The van der Waals surface area contributed by atoms with E-state index in [2.05, 4.69) is 10.6 Å². The van der Waals surface area contributed by atoms with Crippen LogP contribution in [0.4, 0.5) is 4.79 Å². The standard InChI is InChI=1S/C26H31ClN4O4S/c1-18-13-20(27)16-23(14-18)35-24-8-7-19(17-28)15-25(24)36(33,34)31-11-9-22(10-12-31)30-26(32)29-21-5-3-2-4-6-21/h7-8,13-16,21-22H,2-6,9-12H2,1H3,(H2,29,30,32). The SMILES string of the molecule is Cc1cc(Cl)cc(Oc2ccc(C#N)cc2S(=O)(=O)N2CCC(NC(=O)NC3CCCCC3)CC2)c1. The number of nitriles is 1. The van der Waals surface area contributed by atoms with Crippen LogP contribution in [0.5, 0.6) is 11.5 Å². The number of ether oxygens (including phenoxy) is 1. The van der Waals surface area contributed by atoms with Gasteiger partial charge in [-0.2, -0.15) is 9.57 Å². The second-order valence-electron chi connectivity index (χ2n) is 9.47. The number of hydrogen-bond donors (Lipinski definition) is 2. The number of nitrogens with one attached hydrogen (secondary N) is 2. The number of aryl methyl sites for hydroxylation is 1. The van der Waals surface area contributed by atoms with Crippen LogP contribution in [-0.4, -0.2) is 43.9 Å². The molecular weight excluding hydrogens is 500 g/mol. The summed E-state index contributed by atoms with van der Waals surface area (Å²) in [6.07, 6.45) is 6.50. The minimum atomic E-state index is -3.94. The molecule has 192 valence electrons. The van der Waals surface area contributed by atoms with Gasteiger partial charge in [0.15, 0.2) is 0 Å². The van der Waals surface area contributed by atoms with E-state index in [0.717, 1.165) is 31.2 Å². The van der Waals surface area contributed by atoms with Crippen molar-refractivity contribution in [1.82, 2.24) is 14.9 Å². The maximum Gasteiger partial charge on any atom is 0.315 e. The van der Waals surface area contributed by atoms with Crippen molar-refractivity contribution in [2.45, 2.75) is 68.8 Å². The van der Waals surface area contributed by atoms with Gasteiger partial charge in [0, 0.05) is 30.2 Å². The van der Waals surface area contributed by atoms with Crippen LogP contribution in [0.15, 0.2) is 41.3 Å². The lowest BCUT2D eigenvalue weighted by Gasteiger charge is -2.32. The third-order valence-corrected chi connectivity index (χ3v) is 8.80. The van der Waals surface area contributed by atoms with Crippen molar-refractivity contribution < 1.29 is 17.9 Å². The molecule has 36 heavy (non-hydrogen) atoms. The van der Waals surface area contributed by atoms with E-state index in [-0.39, 0.29) is 47.4 Å². The molecule has 1 saturated carbocycles. The smallest absolute Gasteiger partial charge is 0.315 e. The lowest BCUT2D eigenvalue weighted by Crippen LogP contribution is -2.51. The van der Waals surface area contributed by atoms with Gasteiger partial charge in [0.25, 0.3) is 0 Å². The van der Waals surface area contributed by atoms with Crippen LogP contribution in [0.1, 0.15) is 56.1 Å². The largest absolute Gasteiger partial charge is 0.456 e. The number of urea groups is 1.